The van der Waals surface area contributed by atoms with Gasteiger partial charge in [0.05, 0.1) is 11.3 Å². The number of aryl methyl sites for hydroxylation is 1. The molecule has 0 amide bonds. The topological polar surface area (TPSA) is 32.5 Å². The number of nitrogens with zero attached hydrogens (tertiary/aromatic N) is 3. The quantitative estimate of drug-likeness (QED) is 0.606. The summed E-state index contributed by atoms with van der Waals surface area (Å²) in [5.74, 6) is 1.64. The van der Waals surface area contributed by atoms with Crippen LogP contribution in [-0.2, 0) is 12.7 Å². The number of hydrogen-bond acceptors (Lipinski definition) is 5. The van der Waals surface area contributed by atoms with Crippen molar-refractivity contribution in [1.82, 2.24) is 9.88 Å². The van der Waals surface area contributed by atoms with Crippen LogP contribution in [0.25, 0.3) is 10.8 Å². The molecule has 3 heterocycles. The van der Waals surface area contributed by atoms with E-state index < -0.39 is 11.7 Å². The molecule has 0 radical (unpaired) electrons. The maximum Gasteiger partial charge on any atom is 0.416 e. The van der Waals surface area contributed by atoms with Gasteiger partial charge in [0.2, 0.25) is 0 Å². The van der Waals surface area contributed by atoms with Gasteiger partial charge in [0.25, 0.3) is 0 Å². The molecule has 0 saturated carbocycles. The summed E-state index contributed by atoms with van der Waals surface area (Å²) < 4.78 is 44.4. The van der Waals surface area contributed by atoms with Crippen LogP contribution in [0.15, 0.2) is 46.2 Å². The lowest BCUT2D eigenvalue weighted by Crippen LogP contribution is -2.46. The zero-order valence-electron chi connectivity index (χ0n) is 15.4. The third kappa shape index (κ3) is 4.23. The highest BCUT2D eigenvalue weighted by atomic mass is 32.1. The van der Waals surface area contributed by atoms with Gasteiger partial charge in [-0.2, -0.15) is 13.2 Å². The lowest BCUT2D eigenvalue weighted by atomic mass is 10.1. The first-order valence-electron chi connectivity index (χ1n) is 9.04. The molecule has 0 aliphatic carbocycles. The number of rotatable bonds is 4. The maximum atomic E-state index is 12.9. The second-order valence-corrected chi connectivity index (χ2v) is 7.72. The lowest BCUT2D eigenvalue weighted by Gasteiger charge is -2.36. The smallest absolute Gasteiger partial charge is 0.416 e. The summed E-state index contributed by atoms with van der Waals surface area (Å²) in [6, 6.07) is 9.39. The highest BCUT2D eigenvalue weighted by Gasteiger charge is 2.31. The van der Waals surface area contributed by atoms with E-state index in [-0.39, 0.29) is 0 Å². The second kappa shape index (κ2) is 7.60. The van der Waals surface area contributed by atoms with Crippen LogP contribution in [0, 0.1) is 6.92 Å². The van der Waals surface area contributed by atoms with E-state index in [1.54, 1.807) is 17.4 Å². The van der Waals surface area contributed by atoms with Gasteiger partial charge in [0.1, 0.15) is 5.76 Å². The number of alkyl halides is 3. The number of thiazole rings is 1. The first kappa shape index (κ1) is 19.0. The molecule has 8 heteroatoms. The van der Waals surface area contributed by atoms with Gasteiger partial charge in [-0.1, -0.05) is 6.07 Å². The lowest BCUT2D eigenvalue weighted by molar-refractivity contribution is -0.137. The number of piperazine rings is 1. The van der Waals surface area contributed by atoms with Gasteiger partial charge < -0.3 is 9.32 Å². The summed E-state index contributed by atoms with van der Waals surface area (Å²) in [5.41, 5.74) is 1.01. The molecule has 0 atom stereocenters. The zero-order chi connectivity index (χ0) is 19.7. The van der Waals surface area contributed by atoms with Crippen LogP contribution in [0.5, 0.6) is 0 Å². The SMILES string of the molecule is Cc1ccc(-c2nc(CN3CCN(c4cccc(C(F)(F)F)c4)CC3)cs2)o1. The van der Waals surface area contributed by atoms with E-state index in [9.17, 15) is 13.2 Å². The first-order valence-corrected chi connectivity index (χ1v) is 9.92. The van der Waals surface area contributed by atoms with E-state index in [1.165, 1.54) is 12.1 Å². The highest BCUT2D eigenvalue weighted by molar-refractivity contribution is 7.13. The predicted molar refractivity (Wildman–Crippen MR) is 103 cm³/mol. The van der Waals surface area contributed by atoms with Crippen molar-refractivity contribution in [2.24, 2.45) is 0 Å². The van der Waals surface area contributed by atoms with Crippen LogP contribution >= 0.6 is 11.3 Å². The van der Waals surface area contributed by atoms with E-state index in [4.69, 9.17) is 4.42 Å². The Balaban J connectivity index is 1.35. The molecule has 0 bridgehead atoms. The molecule has 4 nitrogen and oxygen atoms in total. The van der Waals surface area contributed by atoms with E-state index in [1.807, 2.05) is 29.3 Å². The molecule has 148 valence electrons. The summed E-state index contributed by atoms with van der Waals surface area (Å²) in [4.78, 5) is 8.93. The monoisotopic (exact) mass is 407 g/mol. The molecule has 1 fully saturated rings. The number of hydrogen-bond donors (Lipinski definition) is 0. The molecule has 1 saturated heterocycles. The van der Waals surface area contributed by atoms with E-state index in [2.05, 4.69) is 9.88 Å². The zero-order valence-corrected chi connectivity index (χ0v) is 16.2. The Hall–Kier alpha value is -2.32. The molecule has 28 heavy (non-hydrogen) atoms. The summed E-state index contributed by atoms with van der Waals surface area (Å²) in [7, 11) is 0. The van der Waals surface area contributed by atoms with E-state index in [0.717, 1.165) is 47.9 Å². The fraction of sp³-hybridized carbons (Fsp3) is 0.350. The molecular weight excluding hydrogens is 387 g/mol. The van der Waals surface area contributed by atoms with E-state index >= 15 is 0 Å². The number of halogens is 3. The van der Waals surface area contributed by atoms with Gasteiger partial charge in [-0.15, -0.1) is 11.3 Å². The molecule has 1 aliphatic rings. The molecule has 2 aromatic heterocycles. The van der Waals surface area contributed by atoms with Crippen molar-refractivity contribution in [2.45, 2.75) is 19.6 Å². The minimum atomic E-state index is -4.31. The predicted octanol–water partition coefficient (Wildman–Crippen LogP) is 5.05. The summed E-state index contributed by atoms with van der Waals surface area (Å²) in [6.07, 6.45) is -4.31. The Morgan fingerprint density at radius 1 is 1.11 bits per heavy atom. The normalized spacial score (nSPS) is 15.9. The highest BCUT2D eigenvalue weighted by Crippen LogP contribution is 2.32. The molecule has 3 aromatic rings. The Kier molecular flexibility index (Phi) is 5.16. The molecule has 1 aromatic carbocycles. The average Bonchev–Trinajstić information content (AvgIpc) is 3.31. The van der Waals surface area contributed by atoms with E-state index in [0.29, 0.717) is 18.8 Å². The van der Waals surface area contributed by atoms with Crippen LogP contribution in [0.4, 0.5) is 18.9 Å². The molecule has 0 spiro atoms. The Morgan fingerprint density at radius 2 is 1.89 bits per heavy atom. The van der Waals surface area contributed by atoms with Crippen molar-refractivity contribution < 1.29 is 17.6 Å². The van der Waals surface area contributed by atoms with Crippen molar-refractivity contribution in [3.05, 3.63) is 58.8 Å². The van der Waals surface area contributed by atoms with Crippen molar-refractivity contribution in [3.63, 3.8) is 0 Å². The summed E-state index contributed by atoms with van der Waals surface area (Å²) in [5, 5.41) is 2.90. The van der Waals surface area contributed by atoms with Gasteiger partial charge in [0, 0.05) is 43.8 Å². The van der Waals surface area contributed by atoms with Crippen molar-refractivity contribution in [2.75, 3.05) is 31.1 Å². The number of furan rings is 1. The van der Waals surface area contributed by atoms with Crippen molar-refractivity contribution in [3.8, 4) is 10.8 Å². The van der Waals surface area contributed by atoms with Gasteiger partial charge in [0.15, 0.2) is 10.8 Å². The largest absolute Gasteiger partial charge is 0.459 e. The maximum absolute atomic E-state index is 12.9. The Bertz CT molecular complexity index is 942. The minimum absolute atomic E-state index is 0.601. The molecule has 1 aliphatic heterocycles. The summed E-state index contributed by atoms with van der Waals surface area (Å²) in [6.45, 7) is 5.58. The average molecular weight is 407 g/mol. The summed E-state index contributed by atoms with van der Waals surface area (Å²) >= 11 is 1.56. The number of aromatic nitrogens is 1. The molecule has 0 unspecified atom stereocenters. The minimum Gasteiger partial charge on any atom is -0.459 e. The van der Waals surface area contributed by atoms with Crippen molar-refractivity contribution >= 4 is 17.0 Å². The van der Waals surface area contributed by atoms with Gasteiger partial charge in [-0.25, -0.2) is 4.98 Å². The fourth-order valence-corrected chi connectivity index (χ4v) is 4.09. The molecular formula is C20H20F3N3OS. The van der Waals surface area contributed by atoms with Crippen LogP contribution in [0.3, 0.4) is 0 Å². The van der Waals surface area contributed by atoms with Crippen LogP contribution in [0.1, 0.15) is 17.0 Å². The molecule has 0 N–H and O–H groups in total. The Labute approximate surface area is 165 Å². The van der Waals surface area contributed by atoms with Gasteiger partial charge in [-0.3, -0.25) is 4.90 Å². The number of benzene rings is 1. The van der Waals surface area contributed by atoms with Crippen LogP contribution in [-0.4, -0.2) is 36.1 Å². The number of anilines is 1. The second-order valence-electron chi connectivity index (χ2n) is 6.87. The van der Waals surface area contributed by atoms with Gasteiger partial charge >= 0.3 is 6.18 Å². The third-order valence-electron chi connectivity index (χ3n) is 4.80. The van der Waals surface area contributed by atoms with Crippen LogP contribution < -0.4 is 4.90 Å². The van der Waals surface area contributed by atoms with Crippen LogP contribution in [0.2, 0.25) is 0 Å². The van der Waals surface area contributed by atoms with Crippen molar-refractivity contribution in [1.29, 1.82) is 0 Å². The van der Waals surface area contributed by atoms with Gasteiger partial charge in [-0.05, 0) is 37.3 Å². The third-order valence-corrected chi connectivity index (χ3v) is 5.71. The first-order chi connectivity index (χ1) is 13.4. The Morgan fingerprint density at radius 3 is 2.57 bits per heavy atom. The fourth-order valence-electron chi connectivity index (χ4n) is 3.31. The molecule has 4 rings (SSSR count). The standard InChI is InChI=1S/C20H20F3N3OS/c1-14-5-6-18(27-14)19-24-16(13-28-19)12-25-7-9-26(10-8-25)17-4-2-3-15(11-17)20(21,22)23/h2-6,11,13H,7-10,12H2,1H3.